The molecular formula is C41H77N. The number of nitrogens with zero attached hydrogens (tertiary/aromatic N) is 1. The van der Waals surface area contributed by atoms with Crippen molar-refractivity contribution in [2.75, 3.05) is 13.1 Å². The van der Waals surface area contributed by atoms with Gasteiger partial charge in [0, 0.05) is 6.54 Å². The predicted octanol–water partition coefficient (Wildman–Crippen LogP) is 14.1. The van der Waals surface area contributed by atoms with Crippen LogP contribution in [0.1, 0.15) is 210 Å². The third-order valence-electron chi connectivity index (χ3n) is 9.77. The summed E-state index contributed by atoms with van der Waals surface area (Å²) in [5, 5.41) is 0. The van der Waals surface area contributed by atoms with Gasteiger partial charge in [-0.3, -0.25) is 4.90 Å². The average molecular weight is 584 g/mol. The van der Waals surface area contributed by atoms with Crippen molar-refractivity contribution in [2.45, 2.75) is 214 Å². The van der Waals surface area contributed by atoms with E-state index in [1.165, 1.54) is 204 Å². The lowest BCUT2D eigenvalue weighted by atomic mass is 10.0. The molecule has 1 aromatic rings. The fraction of sp³-hybridized carbons (Fsp3) is 0.854. The topological polar surface area (TPSA) is 3.24 Å². The molecule has 0 amide bonds. The molecule has 0 aliphatic heterocycles. The van der Waals surface area contributed by atoms with Gasteiger partial charge >= 0.3 is 0 Å². The van der Waals surface area contributed by atoms with Crippen molar-refractivity contribution in [2.24, 2.45) is 0 Å². The molecule has 1 nitrogen and oxygen atoms in total. The van der Waals surface area contributed by atoms with Gasteiger partial charge in [-0.1, -0.05) is 199 Å². The van der Waals surface area contributed by atoms with Crippen LogP contribution in [-0.2, 0) is 6.54 Å². The summed E-state index contributed by atoms with van der Waals surface area (Å²) in [6.07, 6.45) is 40.4. The highest BCUT2D eigenvalue weighted by Crippen LogP contribution is 2.18. The van der Waals surface area contributed by atoms with Gasteiger partial charge in [-0.15, -0.1) is 0 Å². The van der Waals surface area contributed by atoms with E-state index in [-0.39, 0.29) is 0 Å². The lowest BCUT2D eigenvalue weighted by Gasteiger charge is -2.24. The third kappa shape index (κ3) is 23.6. The monoisotopic (exact) mass is 584 g/mol. The molecule has 0 atom stereocenters. The molecule has 1 rings (SSSR count). The van der Waals surface area contributed by atoms with Crippen molar-refractivity contribution >= 4 is 0 Å². The highest BCUT2D eigenvalue weighted by molar-refractivity contribution is 5.33. The first-order valence-electron chi connectivity index (χ1n) is 19.5. The van der Waals surface area contributed by atoms with Crippen LogP contribution in [-0.4, -0.2) is 18.0 Å². The van der Waals surface area contributed by atoms with Crippen molar-refractivity contribution in [3.8, 4) is 0 Å². The Morgan fingerprint density at radius 2 is 0.714 bits per heavy atom. The summed E-state index contributed by atoms with van der Waals surface area (Å²) in [5.74, 6) is 0. The van der Waals surface area contributed by atoms with E-state index in [4.69, 9.17) is 0 Å². The normalized spacial score (nSPS) is 11.6. The molecule has 0 bridgehead atoms. The van der Waals surface area contributed by atoms with Gasteiger partial charge in [-0.05, 0) is 56.5 Å². The maximum atomic E-state index is 2.78. The molecule has 1 aromatic carbocycles. The van der Waals surface area contributed by atoms with Gasteiger partial charge in [0.05, 0.1) is 0 Å². The van der Waals surface area contributed by atoms with E-state index in [0.29, 0.717) is 0 Å². The van der Waals surface area contributed by atoms with E-state index in [9.17, 15) is 0 Å². The Hall–Kier alpha value is -0.820. The Balaban J connectivity index is 2.13. The SMILES string of the molecule is CCCCCCCCCCCCCCCCN(CCCCCCCCCCCCCCCC)Cc1cccc(C)c1C. The van der Waals surface area contributed by atoms with Crippen LogP contribution in [0.15, 0.2) is 18.2 Å². The maximum Gasteiger partial charge on any atom is 0.0236 e. The summed E-state index contributed by atoms with van der Waals surface area (Å²) in [4.78, 5) is 2.78. The molecule has 0 unspecified atom stereocenters. The first kappa shape index (κ1) is 39.2. The van der Waals surface area contributed by atoms with Crippen molar-refractivity contribution in [1.29, 1.82) is 0 Å². The lowest BCUT2D eigenvalue weighted by molar-refractivity contribution is 0.251. The molecule has 0 aliphatic rings. The number of unbranched alkanes of at least 4 members (excludes halogenated alkanes) is 26. The van der Waals surface area contributed by atoms with Crippen LogP contribution < -0.4 is 0 Å². The minimum atomic E-state index is 1.14. The van der Waals surface area contributed by atoms with Gasteiger partial charge < -0.3 is 0 Å². The molecule has 1 heteroatoms. The van der Waals surface area contributed by atoms with Crippen LogP contribution in [0.4, 0.5) is 0 Å². The van der Waals surface area contributed by atoms with E-state index in [2.05, 4.69) is 50.8 Å². The van der Waals surface area contributed by atoms with Gasteiger partial charge in [-0.2, -0.15) is 0 Å². The second-order valence-electron chi connectivity index (χ2n) is 13.8. The maximum absolute atomic E-state index is 2.78. The Bertz CT molecular complexity index is 647. The molecule has 0 radical (unpaired) electrons. The molecular weight excluding hydrogens is 506 g/mol. The number of aryl methyl sites for hydroxylation is 1. The molecule has 0 N–H and O–H groups in total. The van der Waals surface area contributed by atoms with Crippen LogP contribution in [0.25, 0.3) is 0 Å². The molecule has 0 saturated carbocycles. The zero-order valence-electron chi connectivity index (χ0n) is 29.6. The van der Waals surface area contributed by atoms with Crippen molar-refractivity contribution in [3.05, 3.63) is 34.9 Å². The fourth-order valence-corrected chi connectivity index (χ4v) is 6.55. The van der Waals surface area contributed by atoms with Crippen LogP contribution >= 0.6 is 0 Å². The Morgan fingerprint density at radius 1 is 0.405 bits per heavy atom. The zero-order valence-corrected chi connectivity index (χ0v) is 29.6. The molecule has 0 aromatic heterocycles. The summed E-state index contributed by atoms with van der Waals surface area (Å²) in [5.41, 5.74) is 4.50. The highest BCUT2D eigenvalue weighted by Gasteiger charge is 2.09. The quantitative estimate of drug-likeness (QED) is 0.0762. The largest absolute Gasteiger partial charge is 0.299 e. The molecule has 246 valence electrons. The van der Waals surface area contributed by atoms with Gasteiger partial charge in [0.2, 0.25) is 0 Å². The molecule has 0 saturated heterocycles. The van der Waals surface area contributed by atoms with Crippen LogP contribution in [0.5, 0.6) is 0 Å². The molecule has 0 spiro atoms. The summed E-state index contributed by atoms with van der Waals surface area (Å²) < 4.78 is 0. The molecule has 42 heavy (non-hydrogen) atoms. The minimum Gasteiger partial charge on any atom is -0.299 e. The Kier molecular flexibility index (Phi) is 28.2. The first-order valence-corrected chi connectivity index (χ1v) is 19.5. The number of hydrogen-bond donors (Lipinski definition) is 0. The van der Waals surface area contributed by atoms with Crippen molar-refractivity contribution < 1.29 is 0 Å². The molecule has 0 fully saturated rings. The van der Waals surface area contributed by atoms with Gasteiger partial charge in [0.25, 0.3) is 0 Å². The van der Waals surface area contributed by atoms with E-state index in [1.54, 1.807) is 5.56 Å². The smallest absolute Gasteiger partial charge is 0.0236 e. The van der Waals surface area contributed by atoms with E-state index >= 15 is 0 Å². The van der Waals surface area contributed by atoms with E-state index in [1.807, 2.05) is 0 Å². The lowest BCUT2D eigenvalue weighted by Crippen LogP contribution is -2.26. The second-order valence-corrected chi connectivity index (χ2v) is 13.8. The summed E-state index contributed by atoms with van der Waals surface area (Å²) in [7, 11) is 0. The fourth-order valence-electron chi connectivity index (χ4n) is 6.55. The van der Waals surface area contributed by atoms with E-state index < -0.39 is 0 Å². The molecule has 0 aliphatic carbocycles. The second kappa shape index (κ2) is 30.2. The summed E-state index contributed by atoms with van der Waals surface area (Å²) >= 11 is 0. The minimum absolute atomic E-state index is 1.14. The third-order valence-corrected chi connectivity index (χ3v) is 9.77. The first-order chi connectivity index (χ1) is 20.7. The van der Waals surface area contributed by atoms with Gasteiger partial charge in [0.15, 0.2) is 0 Å². The summed E-state index contributed by atoms with van der Waals surface area (Å²) in [6.45, 7) is 12.9. The van der Waals surface area contributed by atoms with E-state index in [0.717, 1.165) is 6.54 Å². The standard InChI is InChI=1S/C41H77N/c1-5-7-9-11-13-15-17-19-21-23-25-27-29-31-36-42(38-41-35-33-34-39(3)40(41)4)37-32-30-28-26-24-22-20-18-16-14-12-10-8-6-2/h33-35H,5-32,36-38H2,1-4H3. The van der Waals surface area contributed by atoms with Crippen molar-refractivity contribution in [3.63, 3.8) is 0 Å². The highest BCUT2D eigenvalue weighted by atomic mass is 15.1. The predicted molar refractivity (Wildman–Crippen MR) is 192 cm³/mol. The zero-order chi connectivity index (χ0) is 30.4. The summed E-state index contributed by atoms with van der Waals surface area (Å²) in [6, 6.07) is 6.89. The number of hydrogen-bond acceptors (Lipinski definition) is 1. The van der Waals surface area contributed by atoms with Crippen LogP contribution in [0.3, 0.4) is 0 Å². The van der Waals surface area contributed by atoms with Crippen LogP contribution in [0.2, 0.25) is 0 Å². The van der Waals surface area contributed by atoms with Gasteiger partial charge in [0.1, 0.15) is 0 Å². The Morgan fingerprint density at radius 3 is 1.05 bits per heavy atom. The Labute approximate surface area is 266 Å². The average Bonchev–Trinajstić information content (AvgIpc) is 2.99. The van der Waals surface area contributed by atoms with Crippen LogP contribution in [0, 0.1) is 13.8 Å². The van der Waals surface area contributed by atoms with Gasteiger partial charge in [-0.25, -0.2) is 0 Å². The van der Waals surface area contributed by atoms with Crippen molar-refractivity contribution in [1.82, 2.24) is 4.90 Å². The number of rotatable bonds is 32. The number of benzene rings is 1. The molecule has 0 heterocycles.